The van der Waals surface area contributed by atoms with Crippen molar-refractivity contribution in [1.82, 2.24) is 4.90 Å². The topological polar surface area (TPSA) is 50.8 Å². The van der Waals surface area contributed by atoms with Crippen molar-refractivity contribution in [3.05, 3.63) is 52.3 Å². The minimum atomic E-state index is 0.0156. The first kappa shape index (κ1) is 20.3. The van der Waals surface area contributed by atoms with Gasteiger partial charge >= 0.3 is 0 Å². The summed E-state index contributed by atoms with van der Waals surface area (Å²) in [4.78, 5) is 6.57. The second-order valence-corrected chi connectivity index (χ2v) is 6.23. The summed E-state index contributed by atoms with van der Waals surface area (Å²) >= 11 is 6.11. The Balaban J connectivity index is 3.29. The largest absolute Gasteiger partial charge is 0.496 e. The third kappa shape index (κ3) is 6.02. The zero-order valence-corrected chi connectivity index (χ0v) is 16.0. The fraction of sp³-hybridized carbons (Fsp3) is 0.421. The highest BCUT2D eigenvalue weighted by Crippen LogP contribution is 2.35. The molecule has 0 aliphatic heterocycles. The van der Waals surface area contributed by atoms with Crippen LogP contribution in [-0.4, -0.2) is 31.8 Å². The standard InChI is InChI=1S/C19H28ClN3O/c1-6-10-22-13-14(2)19(23(4)11-9-15(3)21)17-8-7-16(20)12-18(17)24-5/h7-10,12-13,19H,6,11,21H2,1-5H3/b14-13+,15-9+,22-10?. The number of halogens is 1. The van der Waals surface area contributed by atoms with Crippen LogP contribution in [0.3, 0.4) is 0 Å². The van der Waals surface area contributed by atoms with Gasteiger partial charge in [0.05, 0.1) is 13.2 Å². The van der Waals surface area contributed by atoms with E-state index in [4.69, 9.17) is 22.1 Å². The molecule has 24 heavy (non-hydrogen) atoms. The number of nitrogens with zero attached hydrogens (tertiary/aromatic N) is 2. The van der Waals surface area contributed by atoms with Crippen LogP contribution in [0.4, 0.5) is 0 Å². The Labute approximate surface area is 150 Å². The lowest BCUT2D eigenvalue weighted by molar-refractivity contribution is 0.294. The molecular weight excluding hydrogens is 322 g/mol. The van der Waals surface area contributed by atoms with Gasteiger partial charge < -0.3 is 10.5 Å². The van der Waals surface area contributed by atoms with Gasteiger partial charge in [0.1, 0.15) is 5.75 Å². The van der Waals surface area contributed by atoms with Crippen molar-refractivity contribution in [2.24, 2.45) is 10.7 Å². The maximum Gasteiger partial charge on any atom is 0.125 e. The molecule has 0 amide bonds. The van der Waals surface area contributed by atoms with Gasteiger partial charge in [0.25, 0.3) is 0 Å². The number of likely N-dealkylation sites (N-methyl/N-ethyl adjacent to an activating group) is 1. The lowest BCUT2D eigenvalue weighted by Gasteiger charge is -2.29. The van der Waals surface area contributed by atoms with Crippen molar-refractivity contribution in [1.29, 1.82) is 0 Å². The van der Waals surface area contributed by atoms with Gasteiger partial charge in [0, 0.05) is 35.2 Å². The second-order valence-electron chi connectivity index (χ2n) is 5.79. The Morgan fingerprint density at radius 2 is 2.12 bits per heavy atom. The first-order chi connectivity index (χ1) is 11.4. The molecule has 0 bridgehead atoms. The molecule has 1 atom stereocenters. The number of allylic oxidation sites excluding steroid dienone is 1. The zero-order valence-electron chi connectivity index (χ0n) is 15.2. The smallest absolute Gasteiger partial charge is 0.125 e. The SMILES string of the molecule is CCC=N/C=C(\C)C(c1ccc(Cl)cc1OC)N(C)C/C=C(\C)N. The average molecular weight is 350 g/mol. The molecular formula is C19H28ClN3O. The molecule has 0 heterocycles. The first-order valence-corrected chi connectivity index (χ1v) is 8.42. The molecule has 132 valence electrons. The summed E-state index contributed by atoms with van der Waals surface area (Å²) in [6, 6.07) is 5.74. The number of hydrogen-bond donors (Lipinski definition) is 1. The van der Waals surface area contributed by atoms with Gasteiger partial charge in [-0.2, -0.15) is 0 Å². The molecule has 1 unspecified atom stereocenters. The van der Waals surface area contributed by atoms with E-state index in [0.29, 0.717) is 5.02 Å². The minimum Gasteiger partial charge on any atom is -0.496 e. The Hall–Kier alpha value is -1.78. The summed E-state index contributed by atoms with van der Waals surface area (Å²) < 4.78 is 5.54. The molecule has 0 aliphatic rings. The number of benzene rings is 1. The molecule has 2 N–H and O–H groups in total. The van der Waals surface area contributed by atoms with Crippen LogP contribution in [0.25, 0.3) is 0 Å². The maximum atomic E-state index is 6.11. The summed E-state index contributed by atoms with van der Waals surface area (Å²) in [5, 5.41) is 0.653. The van der Waals surface area contributed by atoms with Crippen molar-refractivity contribution < 1.29 is 4.74 Å². The predicted octanol–water partition coefficient (Wildman–Crippen LogP) is 4.57. The van der Waals surface area contributed by atoms with Crippen molar-refractivity contribution in [3.63, 3.8) is 0 Å². The molecule has 0 saturated heterocycles. The molecule has 1 aromatic rings. The Bertz CT molecular complexity index is 619. The fourth-order valence-electron chi connectivity index (χ4n) is 2.48. The third-order valence-electron chi connectivity index (χ3n) is 3.63. The number of rotatable bonds is 8. The third-order valence-corrected chi connectivity index (χ3v) is 3.86. The van der Waals surface area contributed by atoms with Gasteiger partial charge in [0.15, 0.2) is 0 Å². The van der Waals surface area contributed by atoms with Gasteiger partial charge in [-0.3, -0.25) is 9.89 Å². The predicted molar refractivity (Wildman–Crippen MR) is 104 cm³/mol. The number of nitrogens with two attached hydrogens (primary N) is 1. The van der Waals surface area contributed by atoms with Crippen LogP contribution >= 0.6 is 11.6 Å². The van der Waals surface area contributed by atoms with E-state index in [1.54, 1.807) is 7.11 Å². The summed E-state index contributed by atoms with van der Waals surface area (Å²) in [6.07, 6.45) is 6.70. The van der Waals surface area contributed by atoms with E-state index in [2.05, 4.69) is 30.8 Å². The van der Waals surface area contributed by atoms with Crippen molar-refractivity contribution in [2.75, 3.05) is 20.7 Å². The highest BCUT2D eigenvalue weighted by Gasteiger charge is 2.22. The van der Waals surface area contributed by atoms with E-state index in [-0.39, 0.29) is 6.04 Å². The first-order valence-electron chi connectivity index (χ1n) is 8.04. The molecule has 5 heteroatoms. The summed E-state index contributed by atoms with van der Waals surface area (Å²) in [5.41, 5.74) is 8.75. The number of aliphatic imine (C=N–C) groups is 1. The number of methoxy groups -OCH3 is 1. The van der Waals surface area contributed by atoms with E-state index in [1.807, 2.05) is 43.6 Å². The van der Waals surface area contributed by atoms with Gasteiger partial charge in [0.2, 0.25) is 0 Å². The Kier molecular flexibility index (Phi) is 8.58. The van der Waals surface area contributed by atoms with Crippen LogP contribution in [0.15, 0.2) is 46.7 Å². The average Bonchev–Trinajstić information content (AvgIpc) is 2.54. The van der Waals surface area contributed by atoms with Crippen LogP contribution in [0, 0.1) is 0 Å². The monoisotopic (exact) mass is 349 g/mol. The highest BCUT2D eigenvalue weighted by atomic mass is 35.5. The lowest BCUT2D eigenvalue weighted by atomic mass is 9.98. The molecule has 0 radical (unpaired) electrons. The molecule has 0 aliphatic carbocycles. The highest BCUT2D eigenvalue weighted by molar-refractivity contribution is 6.30. The van der Waals surface area contributed by atoms with Crippen LogP contribution < -0.4 is 10.5 Å². The van der Waals surface area contributed by atoms with Crippen molar-refractivity contribution >= 4 is 17.8 Å². The van der Waals surface area contributed by atoms with Crippen molar-refractivity contribution in [2.45, 2.75) is 33.2 Å². The van der Waals surface area contributed by atoms with Gasteiger partial charge in [-0.05, 0) is 45.0 Å². The van der Waals surface area contributed by atoms with Gasteiger partial charge in [-0.1, -0.05) is 30.7 Å². The number of ether oxygens (including phenoxy) is 1. The van der Waals surface area contributed by atoms with Crippen LogP contribution in [0.1, 0.15) is 38.8 Å². The molecule has 0 saturated carbocycles. The van der Waals surface area contributed by atoms with E-state index in [9.17, 15) is 0 Å². The van der Waals surface area contributed by atoms with E-state index in [1.165, 1.54) is 0 Å². The van der Waals surface area contributed by atoms with E-state index < -0.39 is 0 Å². The normalized spacial score (nSPS) is 14.5. The fourth-order valence-corrected chi connectivity index (χ4v) is 2.64. The minimum absolute atomic E-state index is 0.0156. The molecule has 1 rings (SSSR count). The summed E-state index contributed by atoms with van der Waals surface area (Å²) in [5.74, 6) is 0.764. The summed E-state index contributed by atoms with van der Waals surface area (Å²) in [6.45, 7) is 6.75. The van der Waals surface area contributed by atoms with Crippen molar-refractivity contribution in [3.8, 4) is 5.75 Å². The van der Waals surface area contributed by atoms with E-state index >= 15 is 0 Å². The Morgan fingerprint density at radius 1 is 1.42 bits per heavy atom. The lowest BCUT2D eigenvalue weighted by Crippen LogP contribution is -2.26. The van der Waals surface area contributed by atoms with Crippen LogP contribution in [-0.2, 0) is 0 Å². The van der Waals surface area contributed by atoms with Gasteiger partial charge in [-0.15, -0.1) is 0 Å². The quantitative estimate of drug-likeness (QED) is 0.699. The van der Waals surface area contributed by atoms with Crippen LogP contribution in [0.2, 0.25) is 5.02 Å². The Morgan fingerprint density at radius 3 is 2.71 bits per heavy atom. The maximum absolute atomic E-state index is 6.11. The van der Waals surface area contributed by atoms with Gasteiger partial charge in [-0.25, -0.2) is 0 Å². The molecule has 4 nitrogen and oxygen atoms in total. The van der Waals surface area contributed by atoms with Crippen LogP contribution in [0.5, 0.6) is 5.75 Å². The second kappa shape index (κ2) is 10.2. The zero-order chi connectivity index (χ0) is 18.1. The number of hydrogen-bond acceptors (Lipinski definition) is 4. The van der Waals surface area contributed by atoms with E-state index in [0.717, 1.165) is 35.5 Å². The molecule has 0 fully saturated rings. The molecule has 0 aromatic heterocycles. The molecule has 0 spiro atoms. The summed E-state index contributed by atoms with van der Waals surface area (Å²) in [7, 11) is 3.71. The molecule has 1 aromatic carbocycles.